The molecule has 0 saturated carbocycles. The molecule has 4 heteroatoms. The molecule has 0 bridgehead atoms. The first-order valence-electron chi connectivity index (χ1n) is 5.68. The highest BCUT2D eigenvalue weighted by Crippen LogP contribution is 2.19. The number of ether oxygens (including phenoxy) is 2. The van der Waals surface area contributed by atoms with Crippen molar-refractivity contribution in [1.82, 2.24) is 10.3 Å². The van der Waals surface area contributed by atoms with E-state index in [2.05, 4.69) is 17.2 Å². The van der Waals surface area contributed by atoms with E-state index in [0.29, 0.717) is 17.7 Å². The molecule has 1 aliphatic rings. The second kappa shape index (κ2) is 5.16. The molecule has 2 rings (SSSR count). The summed E-state index contributed by atoms with van der Waals surface area (Å²) in [6.45, 7) is 4.18. The molecular weight excluding hydrogens is 204 g/mol. The van der Waals surface area contributed by atoms with Crippen LogP contribution < -0.4 is 14.8 Å². The van der Waals surface area contributed by atoms with Gasteiger partial charge in [-0.1, -0.05) is 13.0 Å². The highest BCUT2D eigenvalue weighted by atomic mass is 16.5. The van der Waals surface area contributed by atoms with Crippen molar-refractivity contribution in [2.45, 2.75) is 19.4 Å². The predicted molar refractivity (Wildman–Crippen MR) is 61.9 cm³/mol. The second-order valence-electron chi connectivity index (χ2n) is 4.14. The zero-order valence-corrected chi connectivity index (χ0v) is 9.77. The highest BCUT2D eigenvalue weighted by Gasteiger charge is 2.22. The van der Waals surface area contributed by atoms with E-state index in [1.165, 1.54) is 0 Å². The molecule has 4 nitrogen and oxygen atoms in total. The van der Waals surface area contributed by atoms with Crippen LogP contribution in [0.2, 0.25) is 0 Å². The molecule has 2 atom stereocenters. The molecule has 88 valence electrons. The number of methoxy groups -OCH3 is 1. The van der Waals surface area contributed by atoms with Crippen molar-refractivity contribution >= 4 is 0 Å². The third-order valence-electron chi connectivity index (χ3n) is 2.94. The van der Waals surface area contributed by atoms with Crippen molar-refractivity contribution < 1.29 is 9.47 Å². The van der Waals surface area contributed by atoms with Gasteiger partial charge in [0.15, 0.2) is 0 Å². The van der Waals surface area contributed by atoms with Gasteiger partial charge in [-0.25, -0.2) is 0 Å². The van der Waals surface area contributed by atoms with Gasteiger partial charge in [0.1, 0.15) is 6.10 Å². The SMILES string of the molecule is COc1cccc(OC2CNCCC2C)n1. The lowest BCUT2D eigenvalue weighted by Gasteiger charge is -2.29. The van der Waals surface area contributed by atoms with Crippen LogP contribution in [0.15, 0.2) is 18.2 Å². The van der Waals surface area contributed by atoms with Crippen molar-refractivity contribution in [3.63, 3.8) is 0 Å². The van der Waals surface area contributed by atoms with E-state index in [1.807, 2.05) is 18.2 Å². The topological polar surface area (TPSA) is 43.4 Å². The molecule has 16 heavy (non-hydrogen) atoms. The zero-order chi connectivity index (χ0) is 11.4. The maximum atomic E-state index is 5.86. The normalized spacial score (nSPS) is 25.1. The predicted octanol–water partition coefficient (Wildman–Crippen LogP) is 1.47. The van der Waals surface area contributed by atoms with Crippen LogP contribution in [0.4, 0.5) is 0 Å². The molecule has 1 N–H and O–H groups in total. The number of pyridine rings is 1. The molecule has 2 heterocycles. The fourth-order valence-electron chi connectivity index (χ4n) is 1.85. The molecule has 0 aliphatic carbocycles. The maximum absolute atomic E-state index is 5.86. The van der Waals surface area contributed by atoms with Crippen LogP contribution >= 0.6 is 0 Å². The fourth-order valence-corrected chi connectivity index (χ4v) is 1.85. The quantitative estimate of drug-likeness (QED) is 0.841. The van der Waals surface area contributed by atoms with Crippen molar-refractivity contribution in [3.8, 4) is 11.8 Å². The highest BCUT2D eigenvalue weighted by molar-refractivity contribution is 5.19. The summed E-state index contributed by atoms with van der Waals surface area (Å²) >= 11 is 0. The average molecular weight is 222 g/mol. The summed E-state index contributed by atoms with van der Waals surface area (Å²) in [5, 5.41) is 3.33. The number of aromatic nitrogens is 1. The van der Waals surface area contributed by atoms with Crippen molar-refractivity contribution in [3.05, 3.63) is 18.2 Å². The lowest BCUT2D eigenvalue weighted by Crippen LogP contribution is -2.42. The van der Waals surface area contributed by atoms with Gasteiger partial charge in [0.2, 0.25) is 11.8 Å². The lowest BCUT2D eigenvalue weighted by molar-refractivity contribution is 0.109. The first-order chi connectivity index (χ1) is 7.79. The van der Waals surface area contributed by atoms with Crippen LogP contribution in [0, 0.1) is 5.92 Å². The molecule has 2 unspecified atom stereocenters. The van der Waals surface area contributed by atoms with E-state index in [0.717, 1.165) is 19.5 Å². The van der Waals surface area contributed by atoms with Gasteiger partial charge in [0.05, 0.1) is 7.11 Å². The van der Waals surface area contributed by atoms with Crippen LogP contribution in [0.25, 0.3) is 0 Å². The number of nitrogens with one attached hydrogen (secondary N) is 1. The summed E-state index contributed by atoms with van der Waals surface area (Å²) < 4.78 is 10.9. The summed E-state index contributed by atoms with van der Waals surface area (Å²) in [6.07, 6.45) is 1.35. The Morgan fingerprint density at radius 2 is 2.19 bits per heavy atom. The maximum Gasteiger partial charge on any atom is 0.216 e. The first-order valence-corrected chi connectivity index (χ1v) is 5.68. The molecule has 1 saturated heterocycles. The number of hydrogen-bond acceptors (Lipinski definition) is 4. The Hall–Kier alpha value is -1.29. The molecule has 0 radical (unpaired) electrons. The third-order valence-corrected chi connectivity index (χ3v) is 2.94. The third kappa shape index (κ3) is 2.64. The lowest BCUT2D eigenvalue weighted by atomic mass is 9.97. The average Bonchev–Trinajstić information content (AvgIpc) is 2.32. The Morgan fingerprint density at radius 3 is 2.94 bits per heavy atom. The standard InChI is InChI=1S/C12H18N2O2/c1-9-6-7-13-8-10(9)16-12-5-3-4-11(14-12)15-2/h3-5,9-10,13H,6-8H2,1-2H3. The van der Waals surface area contributed by atoms with E-state index in [9.17, 15) is 0 Å². The molecule has 0 aromatic carbocycles. The molecule has 1 aliphatic heterocycles. The minimum atomic E-state index is 0.202. The Kier molecular flexibility index (Phi) is 3.62. The second-order valence-corrected chi connectivity index (χ2v) is 4.14. The van der Waals surface area contributed by atoms with Gasteiger partial charge in [-0.2, -0.15) is 4.98 Å². The molecular formula is C12H18N2O2. The minimum Gasteiger partial charge on any atom is -0.481 e. The Labute approximate surface area is 96.0 Å². The summed E-state index contributed by atoms with van der Waals surface area (Å²) in [5.74, 6) is 1.79. The van der Waals surface area contributed by atoms with Crippen LogP contribution in [0.5, 0.6) is 11.8 Å². The van der Waals surface area contributed by atoms with Gasteiger partial charge >= 0.3 is 0 Å². The van der Waals surface area contributed by atoms with Crippen LogP contribution in [0.1, 0.15) is 13.3 Å². The Morgan fingerprint density at radius 1 is 1.38 bits per heavy atom. The molecule has 0 amide bonds. The summed E-state index contributed by atoms with van der Waals surface area (Å²) in [5.41, 5.74) is 0. The van der Waals surface area contributed by atoms with Crippen molar-refractivity contribution in [2.75, 3.05) is 20.2 Å². The summed E-state index contributed by atoms with van der Waals surface area (Å²) in [7, 11) is 1.61. The Bertz CT molecular complexity index is 344. The van der Waals surface area contributed by atoms with Gasteiger partial charge in [-0.3, -0.25) is 0 Å². The van der Waals surface area contributed by atoms with Gasteiger partial charge < -0.3 is 14.8 Å². The van der Waals surface area contributed by atoms with Gasteiger partial charge in [0.25, 0.3) is 0 Å². The van der Waals surface area contributed by atoms with E-state index < -0.39 is 0 Å². The van der Waals surface area contributed by atoms with Gasteiger partial charge in [-0.15, -0.1) is 0 Å². The van der Waals surface area contributed by atoms with E-state index in [-0.39, 0.29) is 6.10 Å². The number of piperidine rings is 1. The van der Waals surface area contributed by atoms with E-state index in [4.69, 9.17) is 9.47 Å². The molecule has 1 aromatic heterocycles. The molecule has 0 spiro atoms. The largest absolute Gasteiger partial charge is 0.481 e. The van der Waals surface area contributed by atoms with Gasteiger partial charge in [0, 0.05) is 18.7 Å². The summed E-state index contributed by atoms with van der Waals surface area (Å²) in [4.78, 5) is 4.25. The van der Waals surface area contributed by atoms with Gasteiger partial charge in [-0.05, 0) is 18.9 Å². The van der Waals surface area contributed by atoms with Crippen LogP contribution in [0.3, 0.4) is 0 Å². The smallest absolute Gasteiger partial charge is 0.216 e. The van der Waals surface area contributed by atoms with Crippen LogP contribution in [-0.2, 0) is 0 Å². The van der Waals surface area contributed by atoms with Crippen LogP contribution in [-0.4, -0.2) is 31.3 Å². The number of nitrogens with zero attached hydrogens (tertiary/aromatic N) is 1. The number of hydrogen-bond donors (Lipinski definition) is 1. The van der Waals surface area contributed by atoms with E-state index >= 15 is 0 Å². The van der Waals surface area contributed by atoms with E-state index in [1.54, 1.807) is 7.11 Å². The first kappa shape index (κ1) is 11.2. The zero-order valence-electron chi connectivity index (χ0n) is 9.77. The monoisotopic (exact) mass is 222 g/mol. The molecule has 1 fully saturated rings. The number of rotatable bonds is 3. The fraction of sp³-hybridized carbons (Fsp3) is 0.583. The van der Waals surface area contributed by atoms with Crippen molar-refractivity contribution in [2.24, 2.45) is 5.92 Å². The van der Waals surface area contributed by atoms with Crippen molar-refractivity contribution in [1.29, 1.82) is 0 Å². The minimum absolute atomic E-state index is 0.202. The Balaban J connectivity index is 2.01. The molecule has 1 aromatic rings. The summed E-state index contributed by atoms with van der Waals surface area (Å²) in [6, 6.07) is 5.57.